The van der Waals surface area contributed by atoms with Crippen molar-refractivity contribution in [3.8, 4) is 0 Å². The molecule has 0 fully saturated rings. The van der Waals surface area contributed by atoms with Crippen LogP contribution in [0.5, 0.6) is 0 Å². The Labute approximate surface area is 158 Å². The molecule has 0 radical (unpaired) electrons. The Bertz CT molecular complexity index is 263. The molecule has 25 heavy (non-hydrogen) atoms. The molecule has 0 unspecified atom stereocenters. The van der Waals surface area contributed by atoms with Gasteiger partial charge in [-0.15, -0.1) is 0 Å². The van der Waals surface area contributed by atoms with Crippen LogP contribution >= 0.6 is 0 Å². The minimum absolute atomic E-state index is 0.346. The van der Waals surface area contributed by atoms with Crippen LogP contribution in [0.25, 0.3) is 0 Å². The van der Waals surface area contributed by atoms with Gasteiger partial charge in [0.25, 0.3) is 0 Å². The summed E-state index contributed by atoms with van der Waals surface area (Å²) < 4.78 is 0. The van der Waals surface area contributed by atoms with Crippen LogP contribution in [-0.4, -0.2) is 11.1 Å². The highest BCUT2D eigenvalue weighted by atomic mass is 16.5. The van der Waals surface area contributed by atoms with Gasteiger partial charge >= 0.3 is 5.97 Å². The number of carboxylic acid groups (broad SMARTS) is 1. The summed E-state index contributed by atoms with van der Waals surface area (Å²) >= 11 is 0. The highest BCUT2D eigenvalue weighted by Gasteiger charge is 1.97. The highest BCUT2D eigenvalue weighted by molar-refractivity contribution is 5.66. The molecule has 1 N–H and O–H groups in total. The number of carbonyl (C=O) groups is 1. The second kappa shape index (κ2) is 21.5. The Morgan fingerprint density at radius 3 is 0.960 bits per heavy atom. The van der Waals surface area contributed by atoms with E-state index in [1.807, 2.05) is 0 Å². The predicted octanol–water partition coefficient (Wildman–Crippen LogP) is 8.28. The molecule has 0 aromatic rings. The summed E-state index contributed by atoms with van der Waals surface area (Å²) in [5.41, 5.74) is 0. The normalized spacial score (nSPS) is 11.1. The molecule has 0 atom stereocenters. The van der Waals surface area contributed by atoms with Gasteiger partial charge in [0.2, 0.25) is 0 Å². The van der Waals surface area contributed by atoms with E-state index in [0.29, 0.717) is 6.42 Å². The number of aliphatic carboxylic acids is 1. The Balaban J connectivity index is 2.97. The van der Waals surface area contributed by atoms with E-state index in [-0.39, 0.29) is 0 Å². The molecule has 0 saturated heterocycles. The van der Waals surface area contributed by atoms with Crippen molar-refractivity contribution in [3.05, 3.63) is 0 Å². The minimum atomic E-state index is -0.651. The summed E-state index contributed by atoms with van der Waals surface area (Å²) in [5, 5.41) is 8.56. The Hall–Kier alpha value is -0.530. The van der Waals surface area contributed by atoms with E-state index in [1.165, 1.54) is 116 Å². The van der Waals surface area contributed by atoms with Crippen LogP contribution in [0.1, 0.15) is 142 Å². The van der Waals surface area contributed by atoms with E-state index in [1.54, 1.807) is 0 Å². The highest BCUT2D eigenvalue weighted by Crippen LogP contribution is 2.14. The van der Waals surface area contributed by atoms with Crippen molar-refractivity contribution in [2.24, 2.45) is 0 Å². The van der Waals surface area contributed by atoms with Crippen molar-refractivity contribution in [3.63, 3.8) is 0 Å². The van der Waals surface area contributed by atoms with E-state index in [9.17, 15) is 4.79 Å². The SMILES string of the molecule is CCCCCCCCCCCCCCCCCCCC[13CH2][13CH2][13C](=O)O. The van der Waals surface area contributed by atoms with Crippen LogP contribution in [-0.2, 0) is 4.79 Å². The maximum atomic E-state index is 10.4. The Morgan fingerprint density at radius 1 is 0.480 bits per heavy atom. The smallest absolute Gasteiger partial charge is 0.303 e. The zero-order valence-corrected chi connectivity index (χ0v) is 17.2. The molecule has 0 aliphatic heterocycles. The lowest BCUT2D eigenvalue weighted by Gasteiger charge is -2.04. The molecule has 0 heterocycles. The van der Waals surface area contributed by atoms with Crippen LogP contribution in [0.15, 0.2) is 0 Å². The summed E-state index contributed by atoms with van der Waals surface area (Å²) in [6.45, 7) is 2.29. The quantitative estimate of drug-likeness (QED) is 0.166. The fourth-order valence-electron chi connectivity index (χ4n) is 3.53. The number of rotatable bonds is 21. The Morgan fingerprint density at radius 2 is 0.720 bits per heavy atom. The maximum absolute atomic E-state index is 10.4. The standard InChI is InChI=1S/C23H46O2/c1-2-3-4-5-6-7-8-9-10-11-12-13-14-15-16-17-18-19-20-21-22-23(24)25/h2-22H2,1H3,(H,24,25)/i21+1,22+1,23+1. The van der Waals surface area contributed by atoms with Crippen LogP contribution in [0, 0.1) is 0 Å². The van der Waals surface area contributed by atoms with Gasteiger partial charge in [-0.3, -0.25) is 4.79 Å². The first-order valence-electron chi connectivity index (χ1n) is 11.5. The van der Waals surface area contributed by atoms with Gasteiger partial charge in [-0.1, -0.05) is 129 Å². The first-order valence-corrected chi connectivity index (χ1v) is 11.5. The molecule has 0 aromatic carbocycles. The second-order valence-corrected chi connectivity index (χ2v) is 7.86. The predicted molar refractivity (Wildman–Crippen MR) is 110 cm³/mol. The number of carboxylic acids is 1. The van der Waals surface area contributed by atoms with Crippen molar-refractivity contribution in [1.29, 1.82) is 0 Å². The molecule has 150 valence electrons. The fraction of sp³-hybridized carbons (Fsp3) is 0.957. The van der Waals surface area contributed by atoms with Crippen molar-refractivity contribution in [1.82, 2.24) is 0 Å². The van der Waals surface area contributed by atoms with Crippen LogP contribution in [0.4, 0.5) is 0 Å². The molecular formula is C23H46O2. The minimum Gasteiger partial charge on any atom is -0.481 e. The third-order valence-corrected chi connectivity index (χ3v) is 5.24. The molecule has 0 aliphatic carbocycles. The van der Waals surface area contributed by atoms with Gasteiger partial charge in [0.15, 0.2) is 0 Å². The van der Waals surface area contributed by atoms with E-state index in [4.69, 9.17) is 5.11 Å². The summed E-state index contributed by atoms with van der Waals surface area (Å²) in [7, 11) is 0. The molecule has 2 heteroatoms. The average Bonchev–Trinajstić information content (AvgIpc) is 2.60. The van der Waals surface area contributed by atoms with Gasteiger partial charge in [-0.25, -0.2) is 0 Å². The molecule has 0 amide bonds. The third-order valence-electron chi connectivity index (χ3n) is 5.24. The van der Waals surface area contributed by atoms with Crippen molar-refractivity contribution in [2.45, 2.75) is 142 Å². The van der Waals surface area contributed by atoms with Crippen LogP contribution in [0.3, 0.4) is 0 Å². The number of unbranched alkanes of at least 4 members (excludes halogenated alkanes) is 19. The summed E-state index contributed by atoms with van der Waals surface area (Å²) in [6, 6.07) is 0. The summed E-state index contributed by atoms with van der Waals surface area (Å²) in [5.74, 6) is -0.651. The lowest BCUT2D eigenvalue weighted by atomic mass is 10.0. The Kier molecular flexibility index (Phi) is 21.1. The van der Waals surface area contributed by atoms with Gasteiger partial charge in [0.1, 0.15) is 0 Å². The summed E-state index contributed by atoms with van der Waals surface area (Å²) in [6.07, 6.45) is 27.6. The number of hydrogen-bond donors (Lipinski definition) is 1. The molecule has 0 spiro atoms. The molecular weight excluding hydrogens is 311 g/mol. The molecule has 0 bridgehead atoms. The van der Waals surface area contributed by atoms with Crippen LogP contribution in [0.2, 0.25) is 0 Å². The third kappa shape index (κ3) is 23.5. The van der Waals surface area contributed by atoms with E-state index in [0.717, 1.165) is 12.8 Å². The first kappa shape index (κ1) is 24.5. The number of hydrogen-bond acceptors (Lipinski definition) is 1. The van der Waals surface area contributed by atoms with E-state index < -0.39 is 5.97 Å². The molecule has 0 rings (SSSR count). The van der Waals surface area contributed by atoms with Gasteiger partial charge in [-0.2, -0.15) is 0 Å². The van der Waals surface area contributed by atoms with Gasteiger partial charge < -0.3 is 5.11 Å². The zero-order chi connectivity index (χ0) is 18.4. The van der Waals surface area contributed by atoms with Crippen LogP contribution < -0.4 is 0 Å². The fourth-order valence-corrected chi connectivity index (χ4v) is 3.53. The van der Waals surface area contributed by atoms with Gasteiger partial charge in [0.05, 0.1) is 0 Å². The average molecular weight is 358 g/mol. The first-order chi connectivity index (χ1) is 12.3. The maximum Gasteiger partial charge on any atom is 0.303 e. The topological polar surface area (TPSA) is 37.3 Å². The molecule has 0 aliphatic rings. The lowest BCUT2D eigenvalue weighted by Crippen LogP contribution is -1.93. The van der Waals surface area contributed by atoms with Gasteiger partial charge in [0, 0.05) is 6.42 Å². The molecule has 2 nitrogen and oxygen atoms in total. The van der Waals surface area contributed by atoms with Crippen molar-refractivity contribution in [2.75, 3.05) is 0 Å². The summed E-state index contributed by atoms with van der Waals surface area (Å²) in [4.78, 5) is 10.4. The molecule has 0 aromatic heterocycles. The second-order valence-electron chi connectivity index (χ2n) is 7.86. The lowest BCUT2D eigenvalue weighted by molar-refractivity contribution is -0.137. The monoisotopic (exact) mass is 357 g/mol. The van der Waals surface area contributed by atoms with E-state index in [2.05, 4.69) is 6.92 Å². The van der Waals surface area contributed by atoms with Crippen molar-refractivity contribution < 1.29 is 9.90 Å². The largest absolute Gasteiger partial charge is 0.481 e. The van der Waals surface area contributed by atoms with Crippen molar-refractivity contribution >= 4 is 5.97 Å². The molecule has 0 saturated carbocycles. The zero-order valence-electron chi connectivity index (χ0n) is 17.2. The van der Waals surface area contributed by atoms with E-state index >= 15 is 0 Å². The van der Waals surface area contributed by atoms with Gasteiger partial charge in [-0.05, 0) is 6.42 Å².